The molecule has 0 spiro atoms. The van der Waals surface area contributed by atoms with Gasteiger partial charge in [-0.05, 0) is 36.4 Å². The Hall–Kier alpha value is -2.60. The summed E-state index contributed by atoms with van der Waals surface area (Å²) in [6.45, 7) is 0. The highest BCUT2D eigenvalue weighted by molar-refractivity contribution is 6.29. The fraction of sp³-hybridized carbons (Fsp3) is 0. The molecule has 0 radical (unpaired) electrons. The summed E-state index contributed by atoms with van der Waals surface area (Å²) < 4.78 is 27.1. The summed E-state index contributed by atoms with van der Waals surface area (Å²) in [6.07, 6.45) is 0. The normalized spacial score (nSPS) is 10.7. The Morgan fingerprint density at radius 2 is 1.68 bits per heavy atom. The molecule has 3 aromatic rings. The molecule has 2 aromatic heterocycles. The van der Waals surface area contributed by atoms with Crippen molar-refractivity contribution in [2.24, 2.45) is 0 Å². The number of amides is 1. The highest BCUT2D eigenvalue weighted by Crippen LogP contribution is 2.18. The van der Waals surface area contributed by atoms with Gasteiger partial charge < -0.3 is 5.32 Å². The lowest BCUT2D eigenvalue weighted by molar-refractivity contribution is 0.101. The number of benzene rings is 1. The molecule has 0 aliphatic rings. The van der Waals surface area contributed by atoms with E-state index in [9.17, 15) is 13.6 Å². The Bertz CT molecular complexity index is 866. The van der Waals surface area contributed by atoms with Crippen LogP contribution < -0.4 is 5.32 Å². The highest BCUT2D eigenvalue weighted by Gasteiger charge is 2.17. The monoisotopic (exact) mass is 319 g/mol. The third-order valence-electron chi connectivity index (χ3n) is 2.95. The highest BCUT2D eigenvalue weighted by atomic mass is 35.5. The second kappa shape index (κ2) is 5.65. The Morgan fingerprint density at radius 3 is 2.41 bits per heavy atom. The van der Waals surface area contributed by atoms with Gasteiger partial charge in [0.2, 0.25) is 0 Å². The number of carbonyl (C=O) groups is 1. The lowest BCUT2D eigenvalue weighted by atomic mass is 10.2. The molecule has 1 amide bonds. The summed E-state index contributed by atoms with van der Waals surface area (Å²) in [6, 6.07) is 9.70. The molecule has 4 nitrogen and oxygen atoms in total. The second-order valence-electron chi connectivity index (χ2n) is 4.43. The number of pyridine rings is 2. The van der Waals surface area contributed by atoms with E-state index in [0.717, 1.165) is 17.5 Å². The minimum absolute atomic E-state index is 0.120. The van der Waals surface area contributed by atoms with Crippen LogP contribution in [-0.4, -0.2) is 15.9 Å². The van der Waals surface area contributed by atoms with Crippen molar-refractivity contribution in [3.05, 3.63) is 64.8 Å². The summed E-state index contributed by atoms with van der Waals surface area (Å²) in [4.78, 5) is 20.1. The van der Waals surface area contributed by atoms with Gasteiger partial charge in [0.05, 0.1) is 0 Å². The Morgan fingerprint density at radius 1 is 1.00 bits per heavy atom. The number of anilines is 1. The largest absolute Gasteiger partial charge is 0.306 e. The first-order valence-corrected chi connectivity index (χ1v) is 6.61. The van der Waals surface area contributed by atoms with Crippen LogP contribution in [0.5, 0.6) is 0 Å². The predicted octanol–water partition coefficient (Wildman–Crippen LogP) is 3.81. The molecule has 2 heterocycles. The summed E-state index contributed by atoms with van der Waals surface area (Å²) in [7, 11) is 0. The van der Waals surface area contributed by atoms with Crippen LogP contribution in [0.25, 0.3) is 11.0 Å². The molecule has 0 saturated heterocycles. The van der Waals surface area contributed by atoms with Crippen molar-refractivity contribution < 1.29 is 13.6 Å². The van der Waals surface area contributed by atoms with Crippen LogP contribution in [0.15, 0.2) is 42.5 Å². The number of aromatic nitrogens is 2. The molecule has 0 aliphatic carbocycles. The lowest BCUT2D eigenvalue weighted by Gasteiger charge is -2.07. The van der Waals surface area contributed by atoms with E-state index in [1.165, 1.54) is 12.1 Å². The van der Waals surface area contributed by atoms with Crippen molar-refractivity contribution in [3.8, 4) is 0 Å². The van der Waals surface area contributed by atoms with E-state index in [1.807, 2.05) is 0 Å². The summed E-state index contributed by atoms with van der Waals surface area (Å²) >= 11 is 5.78. The van der Waals surface area contributed by atoms with Crippen molar-refractivity contribution in [2.75, 3.05) is 5.32 Å². The molecule has 0 fully saturated rings. The van der Waals surface area contributed by atoms with Crippen LogP contribution >= 0.6 is 11.6 Å². The molecule has 1 N–H and O–H groups in total. The number of halogens is 3. The summed E-state index contributed by atoms with van der Waals surface area (Å²) in [5, 5.41) is 3.31. The van der Waals surface area contributed by atoms with Crippen LogP contribution in [-0.2, 0) is 0 Å². The number of hydrogen-bond donors (Lipinski definition) is 1. The van der Waals surface area contributed by atoms with Crippen molar-refractivity contribution in [1.29, 1.82) is 0 Å². The van der Waals surface area contributed by atoms with Crippen molar-refractivity contribution in [3.63, 3.8) is 0 Å². The van der Waals surface area contributed by atoms with E-state index < -0.39 is 23.1 Å². The first kappa shape index (κ1) is 14.3. The fourth-order valence-corrected chi connectivity index (χ4v) is 2.08. The fourth-order valence-electron chi connectivity index (χ4n) is 1.94. The van der Waals surface area contributed by atoms with E-state index in [0.29, 0.717) is 5.65 Å². The van der Waals surface area contributed by atoms with Crippen LogP contribution in [0.1, 0.15) is 10.4 Å². The zero-order valence-electron chi connectivity index (χ0n) is 11.0. The van der Waals surface area contributed by atoms with E-state index in [4.69, 9.17) is 11.6 Å². The maximum absolute atomic E-state index is 13.6. The molecule has 3 rings (SSSR count). The van der Waals surface area contributed by atoms with Gasteiger partial charge in [-0.25, -0.2) is 18.7 Å². The van der Waals surface area contributed by atoms with Gasteiger partial charge in [-0.3, -0.25) is 4.79 Å². The molecular weight excluding hydrogens is 312 g/mol. The molecule has 0 saturated carbocycles. The number of nitrogens with zero attached hydrogens (tertiary/aromatic N) is 2. The number of fused-ring (bicyclic) bond motifs is 1. The average Bonchev–Trinajstić information content (AvgIpc) is 2.46. The molecule has 0 atom stereocenters. The van der Waals surface area contributed by atoms with Gasteiger partial charge in [-0.2, -0.15) is 0 Å². The molecule has 22 heavy (non-hydrogen) atoms. The van der Waals surface area contributed by atoms with Gasteiger partial charge in [0.25, 0.3) is 5.91 Å². The summed E-state index contributed by atoms with van der Waals surface area (Å²) in [5.74, 6) is -2.70. The molecule has 110 valence electrons. The Labute approximate surface area is 128 Å². The van der Waals surface area contributed by atoms with Crippen LogP contribution in [0.3, 0.4) is 0 Å². The second-order valence-corrected chi connectivity index (χ2v) is 4.82. The zero-order chi connectivity index (χ0) is 15.7. The third kappa shape index (κ3) is 2.73. The number of nitrogens with one attached hydrogen (secondary N) is 1. The van der Waals surface area contributed by atoms with Crippen molar-refractivity contribution in [1.82, 2.24) is 9.97 Å². The van der Waals surface area contributed by atoms with E-state index >= 15 is 0 Å². The smallest absolute Gasteiger partial charge is 0.262 e. The van der Waals surface area contributed by atoms with Crippen LogP contribution in [0, 0.1) is 11.6 Å². The van der Waals surface area contributed by atoms with Gasteiger partial charge in [0.1, 0.15) is 28.2 Å². The molecular formula is C15H8ClF2N3O. The van der Waals surface area contributed by atoms with Crippen molar-refractivity contribution >= 4 is 34.4 Å². The number of rotatable bonds is 2. The SMILES string of the molecule is O=C(Nc1ccc2ccc(Cl)nc2n1)c1c(F)cccc1F. The van der Waals surface area contributed by atoms with Gasteiger partial charge in [-0.15, -0.1) is 0 Å². The molecule has 0 bridgehead atoms. The van der Waals surface area contributed by atoms with E-state index in [2.05, 4.69) is 15.3 Å². The Kier molecular flexibility index (Phi) is 3.68. The Balaban J connectivity index is 1.94. The average molecular weight is 320 g/mol. The number of carbonyl (C=O) groups excluding carboxylic acids is 1. The van der Waals surface area contributed by atoms with Crippen LogP contribution in [0.2, 0.25) is 5.15 Å². The van der Waals surface area contributed by atoms with E-state index in [1.54, 1.807) is 18.2 Å². The van der Waals surface area contributed by atoms with Gasteiger partial charge in [0, 0.05) is 5.39 Å². The topological polar surface area (TPSA) is 54.9 Å². The third-order valence-corrected chi connectivity index (χ3v) is 3.16. The maximum Gasteiger partial charge on any atom is 0.262 e. The van der Waals surface area contributed by atoms with Gasteiger partial charge in [0.15, 0.2) is 5.65 Å². The minimum Gasteiger partial charge on any atom is -0.306 e. The van der Waals surface area contributed by atoms with Gasteiger partial charge >= 0.3 is 0 Å². The predicted molar refractivity (Wildman–Crippen MR) is 78.9 cm³/mol. The summed E-state index contributed by atoms with van der Waals surface area (Å²) in [5.41, 5.74) is -0.345. The standard InChI is InChI=1S/C15H8ClF2N3O/c16-11-6-4-8-5-7-12(20-14(8)19-11)21-15(22)13-9(17)2-1-3-10(13)18/h1-7H,(H,19,20,21,22). The van der Waals surface area contributed by atoms with Crippen molar-refractivity contribution in [2.45, 2.75) is 0 Å². The molecule has 7 heteroatoms. The quantitative estimate of drug-likeness (QED) is 0.731. The lowest BCUT2D eigenvalue weighted by Crippen LogP contribution is -2.16. The minimum atomic E-state index is -0.945. The molecule has 0 unspecified atom stereocenters. The first-order valence-electron chi connectivity index (χ1n) is 6.23. The molecule has 0 aliphatic heterocycles. The van der Waals surface area contributed by atoms with E-state index in [-0.39, 0.29) is 11.0 Å². The maximum atomic E-state index is 13.6. The first-order chi connectivity index (χ1) is 10.5. The van der Waals surface area contributed by atoms with Crippen LogP contribution in [0.4, 0.5) is 14.6 Å². The number of hydrogen-bond acceptors (Lipinski definition) is 3. The molecule has 1 aromatic carbocycles. The van der Waals surface area contributed by atoms with Gasteiger partial charge in [-0.1, -0.05) is 17.7 Å². The zero-order valence-corrected chi connectivity index (χ0v) is 11.7.